The second-order valence-electron chi connectivity index (χ2n) is 2.73. The summed E-state index contributed by atoms with van der Waals surface area (Å²) in [5, 5.41) is 0. The highest BCUT2D eigenvalue weighted by molar-refractivity contribution is 6.14. The van der Waals surface area contributed by atoms with Crippen molar-refractivity contribution in [2.75, 3.05) is 13.2 Å². The number of nitrogens with two attached hydrogens (primary N) is 1. The molecule has 0 unspecified atom stereocenters. The zero-order chi connectivity index (χ0) is 10.4. The van der Waals surface area contributed by atoms with Crippen LogP contribution in [0.3, 0.4) is 0 Å². The number of carbonyl (C=O) groups excluding carboxylic acids is 1. The van der Waals surface area contributed by atoms with Crippen molar-refractivity contribution in [1.82, 2.24) is 0 Å². The lowest BCUT2D eigenvalue weighted by atomic mass is 10.2. The molecule has 0 fully saturated rings. The third-order valence-electron chi connectivity index (χ3n) is 1.65. The smallest absolute Gasteiger partial charge is 0.341 e. The summed E-state index contributed by atoms with van der Waals surface area (Å²) in [6.07, 6.45) is 2.13. The molecule has 14 heavy (non-hydrogen) atoms. The minimum absolute atomic E-state index is 0.229. The van der Waals surface area contributed by atoms with Gasteiger partial charge in [-0.1, -0.05) is 6.58 Å². The van der Waals surface area contributed by atoms with Gasteiger partial charge in [0.15, 0.2) is 0 Å². The van der Waals surface area contributed by atoms with Crippen molar-refractivity contribution in [2.24, 2.45) is 5.73 Å². The first-order valence-electron chi connectivity index (χ1n) is 4.35. The van der Waals surface area contributed by atoms with E-state index < -0.39 is 5.97 Å². The first kappa shape index (κ1) is 10.5. The molecule has 0 radical (unpaired) electrons. The molecule has 0 bridgehead atoms. The summed E-state index contributed by atoms with van der Waals surface area (Å²) < 4.78 is 9.89. The zero-order valence-electron chi connectivity index (χ0n) is 7.86. The molecule has 1 heterocycles. The van der Waals surface area contributed by atoms with Crippen LogP contribution in [0.25, 0.3) is 5.57 Å². The molecule has 0 aromatic carbocycles. The molecule has 0 amide bonds. The molecule has 4 nitrogen and oxygen atoms in total. The van der Waals surface area contributed by atoms with Gasteiger partial charge in [-0.05, 0) is 25.1 Å². The lowest BCUT2D eigenvalue weighted by Crippen LogP contribution is -2.10. The quantitative estimate of drug-likeness (QED) is 0.435. The number of hydrogen-bond donors (Lipinski definition) is 1. The van der Waals surface area contributed by atoms with E-state index in [2.05, 4.69) is 6.58 Å². The summed E-state index contributed by atoms with van der Waals surface area (Å²) in [6.45, 7) is 4.39. The number of furan rings is 1. The molecule has 2 N–H and O–H groups in total. The van der Waals surface area contributed by atoms with E-state index in [0.29, 0.717) is 25.3 Å². The number of hydrogen-bond acceptors (Lipinski definition) is 4. The third-order valence-corrected chi connectivity index (χ3v) is 1.65. The number of rotatable bonds is 5. The van der Waals surface area contributed by atoms with Gasteiger partial charge in [-0.15, -0.1) is 0 Å². The molecule has 1 aromatic rings. The van der Waals surface area contributed by atoms with Crippen LogP contribution >= 0.6 is 0 Å². The van der Waals surface area contributed by atoms with Crippen LogP contribution in [0, 0.1) is 0 Å². The van der Waals surface area contributed by atoms with Crippen molar-refractivity contribution >= 4 is 11.5 Å². The summed E-state index contributed by atoms with van der Waals surface area (Å²) in [7, 11) is 0. The van der Waals surface area contributed by atoms with E-state index in [9.17, 15) is 4.79 Å². The van der Waals surface area contributed by atoms with Gasteiger partial charge in [0.2, 0.25) is 0 Å². The monoisotopic (exact) mass is 195 g/mol. The van der Waals surface area contributed by atoms with Gasteiger partial charge >= 0.3 is 5.97 Å². The summed E-state index contributed by atoms with van der Waals surface area (Å²) >= 11 is 0. The SMILES string of the molecule is C=C(C(=O)OCCCN)c1ccco1. The molecule has 0 saturated carbocycles. The second-order valence-corrected chi connectivity index (χ2v) is 2.73. The van der Waals surface area contributed by atoms with Gasteiger partial charge < -0.3 is 14.9 Å². The van der Waals surface area contributed by atoms with Gasteiger partial charge in [0, 0.05) is 0 Å². The molecule has 76 valence electrons. The highest BCUT2D eigenvalue weighted by Gasteiger charge is 2.12. The van der Waals surface area contributed by atoms with Crippen molar-refractivity contribution < 1.29 is 13.9 Å². The minimum atomic E-state index is -0.464. The standard InChI is InChI=1S/C10H13NO3/c1-8(9-4-2-6-13-9)10(12)14-7-3-5-11/h2,4,6H,1,3,5,7,11H2. The van der Waals surface area contributed by atoms with E-state index in [-0.39, 0.29) is 5.57 Å². The number of esters is 1. The normalized spacial score (nSPS) is 9.79. The van der Waals surface area contributed by atoms with E-state index in [1.54, 1.807) is 12.1 Å². The topological polar surface area (TPSA) is 65.5 Å². The largest absolute Gasteiger partial charge is 0.464 e. The Labute approximate surface area is 82.3 Å². The molecule has 4 heteroatoms. The van der Waals surface area contributed by atoms with E-state index in [1.165, 1.54) is 6.26 Å². The minimum Gasteiger partial charge on any atom is -0.464 e. The number of carbonyl (C=O) groups is 1. The fourth-order valence-electron chi connectivity index (χ4n) is 0.886. The molecule has 0 saturated heterocycles. The van der Waals surface area contributed by atoms with Crippen LogP contribution in [0.5, 0.6) is 0 Å². The molecule has 1 rings (SSSR count). The van der Waals surface area contributed by atoms with Crippen LogP contribution in [0.15, 0.2) is 29.4 Å². The molecule has 0 aliphatic carbocycles. The maximum Gasteiger partial charge on any atom is 0.341 e. The molecule has 0 aliphatic heterocycles. The molecule has 0 atom stereocenters. The van der Waals surface area contributed by atoms with Crippen molar-refractivity contribution in [3.8, 4) is 0 Å². The maximum absolute atomic E-state index is 11.3. The van der Waals surface area contributed by atoms with Crippen LogP contribution < -0.4 is 5.73 Å². The molecule has 0 spiro atoms. The summed E-state index contributed by atoms with van der Waals surface area (Å²) in [6, 6.07) is 3.35. The van der Waals surface area contributed by atoms with Crippen molar-refractivity contribution in [3.05, 3.63) is 30.7 Å². The predicted octanol–water partition coefficient (Wildman–Crippen LogP) is 1.18. The predicted molar refractivity (Wildman–Crippen MR) is 52.4 cm³/mol. The van der Waals surface area contributed by atoms with Gasteiger partial charge in [0.1, 0.15) is 5.76 Å². The highest BCUT2D eigenvalue weighted by atomic mass is 16.5. The van der Waals surface area contributed by atoms with Crippen LogP contribution in [-0.4, -0.2) is 19.1 Å². The highest BCUT2D eigenvalue weighted by Crippen LogP contribution is 2.13. The summed E-state index contributed by atoms with van der Waals surface area (Å²) in [5.74, 6) is -0.0313. The molecular weight excluding hydrogens is 182 g/mol. The average Bonchev–Trinajstić information content (AvgIpc) is 2.69. The number of ether oxygens (including phenoxy) is 1. The average molecular weight is 195 g/mol. The van der Waals surface area contributed by atoms with Gasteiger partial charge in [0.05, 0.1) is 18.4 Å². The van der Waals surface area contributed by atoms with Crippen LogP contribution in [0.1, 0.15) is 12.2 Å². The fraction of sp³-hybridized carbons (Fsp3) is 0.300. The lowest BCUT2D eigenvalue weighted by Gasteiger charge is -2.03. The van der Waals surface area contributed by atoms with Gasteiger partial charge in [-0.2, -0.15) is 0 Å². The molecular formula is C10H13NO3. The first-order valence-corrected chi connectivity index (χ1v) is 4.35. The molecule has 0 aliphatic rings. The molecule has 1 aromatic heterocycles. The Kier molecular flexibility index (Phi) is 3.94. The summed E-state index contributed by atoms with van der Waals surface area (Å²) in [4.78, 5) is 11.3. The zero-order valence-corrected chi connectivity index (χ0v) is 7.86. The van der Waals surface area contributed by atoms with Gasteiger partial charge in [-0.3, -0.25) is 0 Å². The lowest BCUT2D eigenvalue weighted by molar-refractivity contribution is -0.136. The van der Waals surface area contributed by atoms with E-state index >= 15 is 0 Å². The van der Waals surface area contributed by atoms with E-state index in [0.717, 1.165) is 0 Å². The van der Waals surface area contributed by atoms with Crippen LogP contribution in [0.4, 0.5) is 0 Å². The second kappa shape index (κ2) is 5.24. The Hall–Kier alpha value is -1.55. The Morgan fingerprint density at radius 1 is 1.64 bits per heavy atom. The summed E-state index contributed by atoms with van der Waals surface area (Å²) in [5.41, 5.74) is 5.48. The fourth-order valence-corrected chi connectivity index (χ4v) is 0.886. The van der Waals surface area contributed by atoms with E-state index in [4.69, 9.17) is 14.9 Å². The third kappa shape index (κ3) is 2.74. The van der Waals surface area contributed by atoms with Crippen molar-refractivity contribution in [2.45, 2.75) is 6.42 Å². The van der Waals surface area contributed by atoms with Gasteiger partial charge in [-0.25, -0.2) is 4.79 Å². The van der Waals surface area contributed by atoms with E-state index in [1.807, 2.05) is 0 Å². The Morgan fingerprint density at radius 3 is 3.00 bits per heavy atom. The Bertz CT molecular complexity index is 303. The first-order chi connectivity index (χ1) is 6.75. The van der Waals surface area contributed by atoms with Gasteiger partial charge in [0.25, 0.3) is 0 Å². The Balaban J connectivity index is 2.42. The van der Waals surface area contributed by atoms with Crippen molar-refractivity contribution in [3.63, 3.8) is 0 Å². The Morgan fingerprint density at radius 2 is 2.43 bits per heavy atom. The van der Waals surface area contributed by atoms with Crippen LogP contribution in [-0.2, 0) is 9.53 Å². The van der Waals surface area contributed by atoms with Crippen molar-refractivity contribution in [1.29, 1.82) is 0 Å². The maximum atomic E-state index is 11.3. The van der Waals surface area contributed by atoms with Crippen LogP contribution in [0.2, 0.25) is 0 Å².